The average molecular weight is 170 g/mol. The molecule has 2 atom stereocenters. The maximum absolute atomic E-state index is 9.28. The van der Waals surface area contributed by atoms with Gasteiger partial charge < -0.3 is 10.2 Å². The number of aliphatic hydroxyl groups excluding tert-OH is 2. The zero-order chi connectivity index (χ0) is 9.40. The summed E-state index contributed by atoms with van der Waals surface area (Å²) in [6, 6.07) is 0. The maximum Gasteiger partial charge on any atom is 0.0723 e. The standard InChI is InChI=1S/C10H18O2/c1-3-4-7-10(12)8-5-6-9(2)11/h3,5,8-12H,1,4,6-7H2,2H3. The van der Waals surface area contributed by atoms with Crippen molar-refractivity contribution in [2.75, 3.05) is 0 Å². The molecule has 0 aromatic rings. The van der Waals surface area contributed by atoms with Gasteiger partial charge in [-0.05, 0) is 26.2 Å². The summed E-state index contributed by atoms with van der Waals surface area (Å²) in [5.74, 6) is 0. The molecule has 2 heteroatoms. The number of hydrogen-bond donors (Lipinski definition) is 2. The number of rotatable bonds is 6. The summed E-state index contributed by atoms with van der Waals surface area (Å²) in [6.07, 6.45) is 6.71. The predicted molar refractivity (Wildman–Crippen MR) is 50.9 cm³/mol. The highest BCUT2D eigenvalue weighted by Gasteiger charge is 1.96. The summed E-state index contributed by atoms with van der Waals surface area (Å²) in [5, 5.41) is 18.2. The van der Waals surface area contributed by atoms with Crippen molar-refractivity contribution in [2.45, 2.75) is 38.4 Å². The monoisotopic (exact) mass is 170 g/mol. The normalized spacial score (nSPS) is 16.2. The van der Waals surface area contributed by atoms with E-state index in [2.05, 4.69) is 6.58 Å². The Bertz CT molecular complexity index is 139. The fraction of sp³-hybridized carbons (Fsp3) is 0.600. The zero-order valence-corrected chi connectivity index (χ0v) is 7.61. The number of hydrogen-bond acceptors (Lipinski definition) is 2. The molecule has 0 saturated carbocycles. The molecule has 12 heavy (non-hydrogen) atoms. The van der Waals surface area contributed by atoms with Crippen LogP contribution in [-0.4, -0.2) is 22.4 Å². The van der Waals surface area contributed by atoms with Crippen molar-refractivity contribution in [1.29, 1.82) is 0 Å². The lowest BCUT2D eigenvalue weighted by molar-refractivity contribution is 0.195. The molecule has 2 N–H and O–H groups in total. The Hall–Kier alpha value is -0.600. The van der Waals surface area contributed by atoms with Crippen molar-refractivity contribution in [1.82, 2.24) is 0 Å². The molecule has 0 aliphatic heterocycles. The third-order valence-corrected chi connectivity index (χ3v) is 1.50. The summed E-state index contributed by atoms with van der Waals surface area (Å²) >= 11 is 0. The van der Waals surface area contributed by atoms with E-state index in [0.29, 0.717) is 12.8 Å². The van der Waals surface area contributed by atoms with E-state index in [1.54, 1.807) is 25.2 Å². The van der Waals surface area contributed by atoms with Gasteiger partial charge in [-0.1, -0.05) is 18.2 Å². The fourth-order valence-electron chi connectivity index (χ4n) is 0.817. The van der Waals surface area contributed by atoms with Gasteiger partial charge in [0.1, 0.15) is 0 Å². The minimum absolute atomic E-state index is 0.326. The zero-order valence-electron chi connectivity index (χ0n) is 7.61. The Morgan fingerprint density at radius 1 is 1.42 bits per heavy atom. The Morgan fingerprint density at radius 3 is 2.58 bits per heavy atom. The Morgan fingerprint density at radius 2 is 2.08 bits per heavy atom. The molecule has 0 aliphatic rings. The van der Waals surface area contributed by atoms with Gasteiger partial charge in [0.15, 0.2) is 0 Å². The van der Waals surface area contributed by atoms with Crippen LogP contribution in [0.4, 0.5) is 0 Å². The van der Waals surface area contributed by atoms with Crippen molar-refractivity contribution >= 4 is 0 Å². The lowest BCUT2D eigenvalue weighted by atomic mass is 10.1. The second-order valence-corrected chi connectivity index (χ2v) is 2.95. The SMILES string of the molecule is C=CCCC(O)C=CCC(C)O. The largest absolute Gasteiger partial charge is 0.393 e. The van der Waals surface area contributed by atoms with Gasteiger partial charge in [0.05, 0.1) is 12.2 Å². The minimum atomic E-state index is -0.401. The van der Waals surface area contributed by atoms with Gasteiger partial charge in [-0.25, -0.2) is 0 Å². The Labute approximate surface area is 74.2 Å². The van der Waals surface area contributed by atoms with E-state index >= 15 is 0 Å². The summed E-state index contributed by atoms with van der Waals surface area (Å²) in [6.45, 7) is 5.29. The Balaban J connectivity index is 3.45. The highest BCUT2D eigenvalue weighted by atomic mass is 16.3. The van der Waals surface area contributed by atoms with Gasteiger partial charge >= 0.3 is 0 Å². The first kappa shape index (κ1) is 11.4. The van der Waals surface area contributed by atoms with Crippen LogP contribution in [0.1, 0.15) is 26.2 Å². The summed E-state index contributed by atoms with van der Waals surface area (Å²) in [4.78, 5) is 0. The minimum Gasteiger partial charge on any atom is -0.393 e. The first-order chi connectivity index (χ1) is 5.66. The quantitative estimate of drug-likeness (QED) is 0.595. The maximum atomic E-state index is 9.28. The van der Waals surface area contributed by atoms with E-state index in [1.807, 2.05) is 0 Å². The molecule has 0 aliphatic carbocycles. The van der Waals surface area contributed by atoms with Gasteiger partial charge in [0.2, 0.25) is 0 Å². The Kier molecular flexibility index (Phi) is 6.72. The van der Waals surface area contributed by atoms with Crippen LogP contribution in [-0.2, 0) is 0 Å². The molecule has 70 valence electrons. The molecule has 0 aromatic heterocycles. The van der Waals surface area contributed by atoms with Crippen molar-refractivity contribution < 1.29 is 10.2 Å². The lowest BCUT2D eigenvalue weighted by Crippen LogP contribution is -2.02. The molecule has 0 rings (SSSR count). The third-order valence-electron chi connectivity index (χ3n) is 1.50. The first-order valence-electron chi connectivity index (χ1n) is 4.30. The second-order valence-electron chi connectivity index (χ2n) is 2.95. The van der Waals surface area contributed by atoms with Crippen LogP contribution < -0.4 is 0 Å². The summed E-state index contributed by atoms with van der Waals surface area (Å²) < 4.78 is 0. The van der Waals surface area contributed by atoms with Gasteiger partial charge in [0, 0.05) is 0 Å². The van der Waals surface area contributed by atoms with Gasteiger partial charge in [-0.3, -0.25) is 0 Å². The van der Waals surface area contributed by atoms with Crippen LogP contribution in [0, 0.1) is 0 Å². The van der Waals surface area contributed by atoms with Crippen LogP contribution in [0.25, 0.3) is 0 Å². The van der Waals surface area contributed by atoms with Gasteiger partial charge in [-0.15, -0.1) is 6.58 Å². The molecule has 0 spiro atoms. The molecule has 2 nitrogen and oxygen atoms in total. The van der Waals surface area contributed by atoms with E-state index in [-0.39, 0.29) is 6.10 Å². The molecule has 0 bridgehead atoms. The third kappa shape index (κ3) is 7.51. The highest BCUT2D eigenvalue weighted by Crippen LogP contribution is 2.00. The molecule has 0 amide bonds. The van der Waals surface area contributed by atoms with Crippen LogP contribution >= 0.6 is 0 Å². The van der Waals surface area contributed by atoms with E-state index in [0.717, 1.165) is 6.42 Å². The van der Waals surface area contributed by atoms with Crippen molar-refractivity contribution in [3.05, 3.63) is 24.8 Å². The number of aliphatic hydroxyl groups is 2. The van der Waals surface area contributed by atoms with E-state index in [1.165, 1.54) is 0 Å². The van der Waals surface area contributed by atoms with Crippen molar-refractivity contribution in [3.8, 4) is 0 Å². The first-order valence-corrected chi connectivity index (χ1v) is 4.30. The predicted octanol–water partition coefficient (Wildman–Crippen LogP) is 1.64. The van der Waals surface area contributed by atoms with Crippen LogP contribution in [0.3, 0.4) is 0 Å². The van der Waals surface area contributed by atoms with Crippen LogP contribution in [0.5, 0.6) is 0 Å². The lowest BCUT2D eigenvalue weighted by Gasteiger charge is -2.02. The van der Waals surface area contributed by atoms with Crippen molar-refractivity contribution in [3.63, 3.8) is 0 Å². The molecule has 0 heterocycles. The highest BCUT2D eigenvalue weighted by molar-refractivity contribution is 4.90. The summed E-state index contributed by atoms with van der Waals surface area (Å²) in [7, 11) is 0. The van der Waals surface area contributed by atoms with E-state index < -0.39 is 6.10 Å². The molecular formula is C10H18O2. The van der Waals surface area contributed by atoms with Gasteiger partial charge in [-0.2, -0.15) is 0 Å². The smallest absolute Gasteiger partial charge is 0.0723 e. The molecule has 0 aromatic carbocycles. The molecule has 2 unspecified atom stereocenters. The molecule has 0 saturated heterocycles. The second kappa shape index (κ2) is 7.07. The molecule has 0 radical (unpaired) electrons. The van der Waals surface area contributed by atoms with Gasteiger partial charge in [0.25, 0.3) is 0 Å². The summed E-state index contributed by atoms with van der Waals surface area (Å²) in [5.41, 5.74) is 0. The van der Waals surface area contributed by atoms with Crippen LogP contribution in [0.15, 0.2) is 24.8 Å². The van der Waals surface area contributed by atoms with Crippen LogP contribution in [0.2, 0.25) is 0 Å². The number of allylic oxidation sites excluding steroid dienone is 1. The molecular weight excluding hydrogens is 152 g/mol. The van der Waals surface area contributed by atoms with E-state index in [4.69, 9.17) is 5.11 Å². The molecule has 0 fully saturated rings. The van der Waals surface area contributed by atoms with Crippen molar-refractivity contribution in [2.24, 2.45) is 0 Å². The topological polar surface area (TPSA) is 40.5 Å². The average Bonchev–Trinajstić information content (AvgIpc) is 2.00. The fourth-order valence-corrected chi connectivity index (χ4v) is 0.817. The van der Waals surface area contributed by atoms with E-state index in [9.17, 15) is 5.11 Å².